The zero-order valence-electron chi connectivity index (χ0n) is 21.4. The number of fused-ring (bicyclic) bond motifs is 1. The van der Waals surface area contributed by atoms with Gasteiger partial charge in [0.05, 0.1) is 28.1 Å². The topological polar surface area (TPSA) is 86.4 Å². The monoisotopic (exact) mass is 554 g/mol. The molecule has 0 bridgehead atoms. The second-order valence-electron chi connectivity index (χ2n) is 9.60. The van der Waals surface area contributed by atoms with Crippen molar-refractivity contribution in [3.05, 3.63) is 79.3 Å². The molecule has 11 heteroatoms. The Bertz CT molecular complexity index is 1600. The second kappa shape index (κ2) is 11.5. The van der Waals surface area contributed by atoms with E-state index in [4.69, 9.17) is 4.74 Å². The van der Waals surface area contributed by atoms with Crippen LogP contribution in [0.2, 0.25) is 0 Å². The van der Waals surface area contributed by atoms with Crippen molar-refractivity contribution in [3.63, 3.8) is 0 Å². The molecule has 1 saturated heterocycles. The first kappa shape index (κ1) is 26.7. The number of thiazole rings is 1. The largest absolute Gasteiger partial charge is 0.485 e. The lowest BCUT2D eigenvalue weighted by atomic mass is 10.0. The first-order chi connectivity index (χ1) is 18.9. The zero-order chi connectivity index (χ0) is 27.5. The second-order valence-corrected chi connectivity index (χ2v) is 10.7. The zero-order valence-corrected chi connectivity index (χ0v) is 22.2. The summed E-state index contributed by atoms with van der Waals surface area (Å²) in [6, 6.07) is 11.8. The van der Waals surface area contributed by atoms with Crippen molar-refractivity contribution in [1.82, 2.24) is 19.0 Å². The maximum atomic E-state index is 13.9. The van der Waals surface area contributed by atoms with Gasteiger partial charge in [0.1, 0.15) is 19.1 Å². The van der Waals surface area contributed by atoms with Crippen molar-refractivity contribution in [2.24, 2.45) is 0 Å². The third-order valence-electron chi connectivity index (χ3n) is 6.98. The molecule has 5 rings (SSSR count). The van der Waals surface area contributed by atoms with Gasteiger partial charge in [0.15, 0.2) is 6.10 Å². The highest BCUT2D eigenvalue weighted by Gasteiger charge is 2.25. The maximum absolute atomic E-state index is 13.9. The number of alkyl halides is 2. The quantitative estimate of drug-likeness (QED) is 0.291. The number of halogens is 2. The Hall–Kier alpha value is -3.86. The van der Waals surface area contributed by atoms with Crippen LogP contribution in [0, 0.1) is 6.92 Å². The molecule has 0 radical (unpaired) electrons. The highest BCUT2D eigenvalue weighted by atomic mass is 32.1. The van der Waals surface area contributed by atoms with Crippen LogP contribution in [0.5, 0.6) is 5.75 Å². The molecule has 2 aromatic carbocycles. The van der Waals surface area contributed by atoms with Crippen LogP contribution in [0.4, 0.5) is 8.78 Å². The minimum absolute atomic E-state index is 0.0282. The van der Waals surface area contributed by atoms with Crippen molar-refractivity contribution in [1.29, 1.82) is 0 Å². The van der Waals surface area contributed by atoms with Gasteiger partial charge < -0.3 is 9.64 Å². The molecular formula is C28H28F2N4O4S. The molecule has 3 heterocycles. The fourth-order valence-corrected chi connectivity index (χ4v) is 5.60. The molecule has 0 saturated carbocycles. The lowest BCUT2D eigenvalue weighted by Crippen LogP contribution is -2.44. The van der Waals surface area contributed by atoms with E-state index in [1.54, 1.807) is 15.5 Å². The van der Waals surface area contributed by atoms with Crippen LogP contribution in [0.1, 0.15) is 29.5 Å². The first-order valence-corrected chi connectivity index (χ1v) is 13.6. The molecule has 0 N–H and O–H groups in total. The molecule has 1 fully saturated rings. The average molecular weight is 555 g/mol. The molecule has 39 heavy (non-hydrogen) atoms. The number of benzene rings is 2. The molecule has 1 amide bonds. The summed E-state index contributed by atoms with van der Waals surface area (Å²) in [4.78, 5) is 45.0. The van der Waals surface area contributed by atoms with Gasteiger partial charge in [-0.3, -0.25) is 18.7 Å². The SMILES string of the molecule is Cc1nc(-c2cccc(Cn3c(=O)c4cc(OC(CF)CF)ccc4n(C4CCN(C=O)CC4)c3=O)c2)cs1. The van der Waals surface area contributed by atoms with Gasteiger partial charge >= 0.3 is 5.69 Å². The van der Waals surface area contributed by atoms with E-state index in [1.807, 2.05) is 36.6 Å². The maximum Gasteiger partial charge on any atom is 0.332 e. The van der Waals surface area contributed by atoms with Crippen LogP contribution < -0.4 is 16.0 Å². The Morgan fingerprint density at radius 2 is 1.90 bits per heavy atom. The number of amides is 1. The molecule has 0 spiro atoms. The van der Waals surface area contributed by atoms with E-state index in [-0.39, 0.29) is 23.7 Å². The van der Waals surface area contributed by atoms with Crippen molar-refractivity contribution < 1.29 is 18.3 Å². The van der Waals surface area contributed by atoms with Gasteiger partial charge in [0.25, 0.3) is 5.56 Å². The number of aryl methyl sites for hydroxylation is 1. The third-order valence-corrected chi connectivity index (χ3v) is 7.76. The van der Waals surface area contributed by atoms with Crippen LogP contribution in [-0.4, -0.2) is 58.0 Å². The van der Waals surface area contributed by atoms with E-state index < -0.39 is 30.7 Å². The number of hydrogen-bond acceptors (Lipinski definition) is 6. The molecule has 0 atom stereocenters. The summed E-state index contributed by atoms with van der Waals surface area (Å²) in [5.41, 5.74) is 1.90. The van der Waals surface area contributed by atoms with E-state index >= 15 is 0 Å². The van der Waals surface area contributed by atoms with E-state index in [0.717, 1.165) is 28.2 Å². The van der Waals surface area contributed by atoms with Crippen molar-refractivity contribution in [3.8, 4) is 17.0 Å². The molecule has 1 aliphatic heterocycles. The Labute approximate surface area is 227 Å². The number of piperidine rings is 1. The Kier molecular flexibility index (Phi) is 7.87. The third kappa shape index (κ3) is 5.49. The summed E-state index contributed by atoms with van der Waals surface area (Å²) in [5, 5.41) is 3.11. The van der Waals surface area contributed by atoms with Crippen molar-refractivity contribution in [2.45, 2.75) is 38.5 Å². The number of likely N-dealkylation sites (tertiary alicyclic amines) is 1. The number of rotatable bonds is 9. The lowest BCUT2D eigenvalue weighted by molar-refractivity contribution is -0.119. The van der Waals surface area contributed by atoms with Crippen molar-refractivity contribution >= 4 is 28.6 Å². The van der Waals surface area contributed by atoms with Crippen LogP contribution in [0.15, 0.2) is 57.4 Å². The number of hydrogen-bond donors (Lipinski definition) is 0. The molecule has 204 valence electrons. The van der Waals surface area contributed by atoms with Gasteiger partial charge in [0, 0.05) is 30.1 Å². The van der Waals surface area contributed by atoms with Crippen LogP contribution >= 0.6 is 11.3 Å². The molecule has 4 aromatic rings. The summed E-state index contributed by atoms with van der Waals surface area (Å²) in [7, 11) is 0. The average Bonchev–Trinajstić information content (AvgIpc) is 3.41. The van der Waals surface area contributed by atoms with Gasteiger partial charge in [-0.2, -0.15) is 0 Å². The number of carbonyl (C=O) groups is 1. The molecule has 1 aliphatic rings. The van der Waals surface area contributed by atoms with Crippen molar-refractivity contribution in [2.75, 3.05) is 26.4 Å². The Balaban J connectivity index is 1.61. The van der Waals surface area contributed by atoms with Crippen LogP contribution in [0.3, 0.4) is 0 Å². The predicted octanol–water partition coefficient (Wildman–Crippen LogP) is 4.12. The summed E-state index contributed by atoms with van der Waals surface area (Å²) in [6.45, 7) is 0.916. The smallest absolute Gasteiger partial charge is 0.332 e. The molecule has 8 nitrogen and oxygen atoms in total. The predicted molar refractivity (Wildman–Crippen MR) is 146 cm³/mol. The molecule has 2 aromatic heterocycles. The molecule has 0 aliphatic carbocycles. The van der Waals surface area contributed by atoms with Crippen LogP contribution in [0.25, 0.3) is 22.2 Å². The Morgan fingerprint density at radius 3 is 2.56 bits per heavy atom. The minimum Gasteiger partial charge on any atom is -0.485 e. The lowest BCUT2D eigenvalue weighted by Gasteiger charge is -2.31. The summed E-state index contributed by atoms with van der Waals surface area (Å²) in [6.07, 6.45) is 0.619. The highest BCUT2D eigenvalue weighted by Crippen LogP contribution is 2.27. The van der Waals surface area contributed by atoms with E-state index in [0.29, 0.717) is 31.4 Å². The van der Waals surface area contributed by atoms with Crippen LogP contribution in [-0.2, 0) is 11.3 Å². The summed E-state index contributed by atoms with van der Waals surface area (Å²) >= 11 is 1.54. The fraction of sp³-hybridized carbons (Fsp3) is 0.357. The minimum atomic E-state index is -1.28. The Morgan fingerprint density at radius 1 is 1.13 bits per heavy atom. The molecular weight excluding hydrogens is 526 g/mol. The van der Waals surface area contributed by atoms with Gasteiger partial charge in [0.2, 0.25) is 6.41 Å². The van der Waals surface area contributed by atoms with Gasteiger partial charge in [-0.1, -0.05) is 18.2 Å². The first-order valence-electron chi connectivity index (χ1n) is 12.7. The van der Waals surface area contributed by atoms with E-state index in [1.165, 1.54) is 28.0 Å². The van der Waals surface area contributed by atoms with E-state index in [9.17, 15) is 23.2 Å². The van der Waals surface area contributed by atoms with Gasteiger partial charge in [-0.15, -0.1) is 11.3 Å². The highest BCUT2D eigenvalue weighted by molar-refractivity contribution is 7.09. The summed E-state index contributed by atoms with van der Waals surface area (Å²) < 4.78 is 34.4. The number of ether oxygens (including phenoxy) is 1. The standard InChI is InChI=1S/C28H28F2N4O4S/c1-18-31-25(16-39-18)20-4-2-3-19(11-20)15-33-27(36)24-12-22(38-23(13-29)14-30)5-6-26(24)34(28(33)37)21-7-9-32(17-35)10-8-21/h2-6,11-12,16-17,21,23H,7-10,13-15H2,1H3. The normalized spacial score (nSPS) is 14.3. The number of aromatic nitrogens is 3. The number of nitrogens with zero attached hydrogens (tertiary/aromatic N) is 4. The molecule has 0 unspecified atom stereocenters. The van der Waals surface area contributed by atoms with Gasteiger partial charge in [-0.05, 0) is 49.6 Å². The summed E-state index contributed by atoms with van der Waals surface area (Å²) in [5.74, 6) is 0.147. The number of carbonyl (C=O) groups excluding carboxylic acids is 1. The fourth-order valence-electron chi connectivity index (χ4n) is 4.98. The van der Waals surface area contributed by atoms with Gasteiger partial charge in [-0.25, -0.2) is 18.6 Å². The van der Waals surface area contributed by atoms with E-state index in [2.05, 4.69) is 4.98 Å².